The van der Waals surface area contributed by atoms with Crippen molar-refractivity contribution < 1.29 is 23.4 Å². The first-order valence-corrected chi connectivity index (χ1v) is 10.3. The molecule has 0 aliphatic carbocycles. The van der Waals surface area contributed by atoms with Crippen molar-refractivity contribution in [3.05, 3.63) is 89.2 Å². The van der Waals surface area contributed by atoms with E-state index >= 15 is 0 Å². The number of carboxylic acid groups (broad SMARTS) is 1. The number of carboxylic acids is 1. The molecule has 0 aliphatic rings. The number of benzene rings is 3. The van der Waals surface area contributed by atoms with Crippen molar-refractivity contribution in [2.45, 2.75) is 26.0 Å². The second-order valence-electron chi connectivity index (χ2n) is 7.84. The first-order valence-electron chi connectivity index (χ1n) is 10.3. The summed E-state index contributed by atoms with van der Waals surface area (Å²) in [5, 5.41) is 10.1. The van der Waals surface area contributed by atoms with Gasteiger partial charge in [0.25, 0.3) is 0 Å². The first kappa shape index (κ1) is 21.6. The Morgan fingerprint density at radius 3 is 2.78 bits per heavy atom. The van der Waals surface area contributed by atoms with Crippen LogP contribution in [0.2, 0.25) is 0 Å². The highest BCUT2D eigenvalue weighted by molar-refractivity contribution is 5.93. The number of ether oxygens (including phenoxy) is 1. The van der Waals surface area contributed by atoms with Gasteiger partial charge in [0, 0.05) is 16.5 Å². The van der Waals surface area contributed by atoms with Gasteiger partial charge in [0.05, 0.1) is 18.7 Å². The zero-order valence-corrected chi connectivity index (χ0v) is 17.7. The van der Waals surface area contributed by atoms with E-state index in [1.54, 1.807) is 12.3 Å². The minimum absolute atomic E-state index is 0.108. The number of aliphatic carboxylic acids is 1. The van der Waals surface area contributed by atoms with E-state index < -0.39 is 18.7 Å². The van der Waals surface area contributed by atoms with Crippen molar-refractivity contribution in [3.8, 4) is 16.9 Å². The minimum atomic E-state index is -0.910. The lowest BCUT2D eigenvalue weighted by Crippen LogP contribution is -2.11. The van der Waals surface area contributed by atoms with E-state index in [9.17, 15) is 14.3 Å². The predicted octanol–water partition coefficient (Wildman–Crippen LogP) is 5.58. The van der Waals surface area contributed by atoms with Gasteiger partial charge >= 0.3 is 5.97 Å². The molecule has 0 fully saturated rings. The molecule has 3 N–H and O–H groups in total. The first-order chi connectivity index (χ1) is 15.4. The van der Waals surface area contributed by atoms with E-state index in [4.69, 9.17) is 14.9 Å². The Morgan fingerprint density at radius 2 is 2.00 bits per heavy atom. The molecule has 1 atom stereocenters. The number of hydrogen-bond acceptors (Lipinski definition) is 4. The highest BCUT2D eigenvalue weighted by Gasteiger charge is 2.14. The number of rotatable bonds is 8. The molecule has 32 heavy (non-hydrogen) atoms. The summed E-state index contributed by atoms with van der Waals surface area (Å²) in [6, 6.07) is 18.1. The van der Waals surface area contributed by atoms with Crippen molar-refractivity contribution in [1.29, 1.82) is 0 Å². The predicted molar refractivity (Wildman–Crippen MR) is 121 cm³/mol. The Kier molecular flexibility index (Phi) is 6.23. The fourth-order valence-electron chi connectivity index (χ4n) is 3.73. The molecule has 0 radical (unpaired) electrons. The van der Waals surface area contributed by atoms with Crippen LogP contribution in [-0.4, -0.2) is 17.8 Å². The van der Waals surface area contributed by atoms with Gasteiger partial charge in [0.15, 0.2) is 0 Å². The number of hydrogen-bond donors (Lipinski definition) is 2. The van der Waals surface area contributed by atoms with Crippen LogP contribution in [0.4, 0.5) is 4.39 Å². The lowest BCUT2D eigenvalue weighted by molar-refractivity contribution is -0.136. The number of aryl methyl sites for hydroxylation is 1. The van der Waals surface area contributed by atoms with Gasteiger partial charge in [-0.1, -0.05) is 30.3 Å². The van der Waals surface area contributed by atoms with Gasteiger partial charge in [-0.05, 0) is 59.5 Å². The summed E-state index contributed by atoms with van der Waals surface area (Å²) in [6.45, 7) is 1.55. The maximum atomic E-state index is 13.1. The van der Waals surface area contributed by atoms with Crippen molar-refractivity contribution in [2.75, 3.05) is 6.67 Å². The third kappa shape index (κ3) is 4.65. The summed E-state index contributed by atoms with van der Waals surface area (Å²) in [7, 11) is 0. The Bertz CT molecular complexity index is 1260. The molecule has 164 valence electrons. The SMILES string of the molecule is Cc1ccc(CC(=O)O)c(OCc2cc(-c3cccc(C(N)CF)c3)c3occc3c2)c1. The molecule has 1 unspecified atom stereocenters. The second-order valence-corrected chi connectivity index (χ2v) is 7.84. The molecule has 0 spiro atoms. The summed E-state index contributed by atoms with van der Waals surface area (Å²) in [4.78, 5) is 11.2. The fourth-order valence-corrected chi connectivity index (χ4v) is 3.73. The molecular weight excluding hydrogens is 409 g/mol. The number of carbonyl (C=O) groups is 1. The maximum Gasteiger partial charge on any atom is 0.307 e. The molecule has 1 aromatic heterocycles. The van der Waals surface area contributed by atoms with Crippen LogP contribution in [0.1, 0.15) is 28.3 Å². The topological polar surface area (TPSA) is 85.7 Å². The molecule has 0 saturated heterocycles. The van der Waals surface area contributed by atoms with E-state index in [1.807, 2.05) is 61.5 Å². The number of fused-ring (bicyclic) bond motifs is 1. The van der Waals surface area contributed by atoms with Crippen LogP contribution in [0, 0.1) is 6.92 Å². The van der Waals surface area contributed by atoms with Crippen LogP contribution in [-0.2, 0) is 17.8 Å². The van der Waals surface area contributed by atoms with Crippen molar-refractivity contribution in [1.82, 2.24) is 0 Å². The van der Waals surface area contributed by atoms with Crippen LogP contribution >= 0.6 is 0 Å². The fraction of sp³-hybridized carbons (Fsp3) is 0.192. The third-order valence-electron chi connectivity index (χ3n) is 5.36. The van der Waals surface area contributed by atoms with Gasteiger partial charge in [-0.2, -0.15) is 0 Å². The zero-order valence-electron chi connectivity index (χ0n) is 17.7. The number of alkyl halides is 1. The smallest absolute Gasteiger partial charge is 0.307 e. The van der Waals surface area contributed by atoms with E-state index in [0.29, 0.717) is 16.9 Å². The highest BCUT2D eigenvalue weighted by atomic mass is 19.1. The lowest BCUT2D eigenvalue weighted by Gasteiger charge is -2.14. The van der Waals surface area contributed by atoms with Crippen LogP contribution in [0.25, 0.3) is 22.1 Å². The van der Waals surface area contributed by atoms with E-state index in [0.717, 1.165) is 33.2 Å². The van der Waals surface area contributed by atoms with Gasteiger partial charge < -0.3 is 20.0 Å². The molecule has 0 bridgehead atoms. The summed E-state index contributed by atoms with van der Waals surface area (Å²) >= 11 is 0. The maximum absolute atomic E-state index is 13.1. The van der Waals surface area contributed by atoms with Crippen LogP contribution in [0.15, 0.2) is 71.3 Å². The quantitative estimate of drug-likeness (QED) is 0.379. The molecule has 4 rings (SSSR count). The minimum Gasteiger partial charge on any atom is -0.489 e. The standard InChI is InChI=1S/C26H24FNO4/c1-16-5-6-20(13-25(29)30)24(9-16)32-15-17-10-21-7-8-31-26(21)22(11-17)18-3-2-4-19(12-18)23(28)14-27/h2-12,23H,13-15,28H2,1H3,(H,29,30). The molecule has 0 amide bonds. The average molecular weight is 433 g/mol. The number of halogens is 1. The summed E-state index contributed by atoms with van der Waals surface area (Å²) in [5.74, 6) is -0.357. The van der Waals surface area contributed by atoms with Crippen LogP contribution in [0.5, 0.6) is 5.75 Å². The Labute approximate surface area is 185 Å². The second kappa shape index (κ2) is 9.24. The Morgan fingerprint density at radius 1 is 1.16 bits per heavy atom. The zero-order chi connectivity index (χ0) is 22.7. The normalized spacial score (nSPS) is 12.1. The lowest BCUT2D eigenvalue weighted by atomic mass is 9.97. The molecule has 4 aromatic rings. The molecule has 0 aliphatic heterocycles. The summed E-state index contributed by atoms with van der Waals surface area (Å²) in [5.41, 5.74) is 11.6. The monoisotopic (exact) mass is 433 g/mol. The van der Waals surface area contributed by atoms with Crippen LogP contribution < -0.4 is 10.5 Å². The molecule has 3 aromatic carbocycles. The molecule has 6 heteroatoms. The molecule has 0 saturated carbocycles. The molecular formula is C26H24FNO4. The number of nitrogens with two attached hydrogens (primary N) is 1. The van der Waals surface area contributed by atoms with Crippen molar-refractivity contribution in [3.63, 3.8) is 0 Å². The van der Waals surface area contributed by atoms with Gasteiger partial charge in [0.1, 0.15) is 24.6 Å². The number of furan rings is 1. The van der Waals surface area contributed by atoms with Gasteiger partial charge in [-0.25, -0.2) is 4.39 Å². The Hall–Kier alpha value is -3.64. The summed E-state index contributed by atoms with van der Waals surface area (Å²) < 4.78 is 24.8. The summed E-state index contributed by atoms with van der Waals surface area (Å²) in [6.07, 6.45) is 1.52. The average Bonchev–Trinajstić information content (AvgIpc) is 3.26. The largest absolute Gasteiger partial charge is 0.489 e. The third-order valence-corrected chi connectivity index (χ3v) is 5.36. The molecule has 1 heterocycles. The van der Waals surface area contributed by atoms with E-state index in [-0.39, 0.29) is 13.0 Å². The van der Waals surface area contributed by atoms with Crippen LogP contribution in [0.3, 0.4) is 0 Å². The van der Waals surface area contributed by atoms with Crippen molar-refractivity contribution >= 4 is 16.9 Å². The molecule has 5 nitrogen and oxygen atoms in total. The van der Waals surface area contributed by atoms with E-state index in [1.165, 1.54) is 0 Å². The van der Waals surface area contributed by atoms with Gasteiger partial charge in [0.2, 0.25) is 0 Å². The van der Waals surface area contributed by atoms with Crippen molar-refractivity contribution in [2.24, 2.45) is 5.73 Å². The van der Waals surface area contributed by atoms with Gasteiger partial charge in [-0.3, -0.25) is 4.79 Å². The highest BCUT2D eigenvalue weighted by Crippen LogP contribution is 2.33. The van der Waals surface area contributed by atoms with E-state index in [2.05, 4.69) is 0 Å². The Balaban J connectivity index is 1.68. The van der Waals surface area contributed by atoms with Gasteiger partial charge in [-0.15, -0.1) is 0 Å².